The number of thiophene rings is 1. The molecule has 6 rings (SSSR count). The molecule has 0 bridgehead atoms. The average molecular weight is 561 g/mol. The van der Waals surface area contributed by atoms with Gasteiger partial charge in [0, 0.05) is 6.42 Å². The van der Waals surface area contributed by atoms with E-state index < -0.39 is 0 Å². The smallest absolute Gasteiger partial charge is 0.262 e. The molecular weight excluding hydrogens is 539 g/mol. The minimum atomic E-state index is -0.379. The first kappa shape index (κ1) is 25.0. The van der Waals surface area contributed by atoms with Gasteiger partial charge in [-0.05, 0) is 53.4 Å². The third-order valence-corrected chi connectivity index (χ3v) is 8.07. The molecule has 1 aliphatic rings. The van der Waals surface area contributed by atoms with Gasteiger partial charge in [-0.2, -0.15) is 10.2 Å². The number of aromatic nitrogens is 4. The van der Waals surface area contributed by atoms with Gasteiger partial charge in [0.1, 0.15) is 17.0 Å². The maximum atomic E-state index is 13.5. The summed E-state index contributed by atoms with van der Waals surface area (Å²) in [7, 11) is 1.61. The first-order valence-corrected chi connectivity index (χ1v) is 13.8. The number of halogens is 1. The Morgan fingerprint density at radius 1 is 1.18 bits per heavy atom. The Hall–Kier alpha value is -4.29. The number of thioether (sulfide) groups is 1. The number of benzene rings is 2. The number of rotatable bonds is 7. The Labute approximate surface area is 230 Å². The monoisotopic (exact) mass is 560 g/mol. The van der Waals surface area contributed by atoms with Crippen molar-refractivity contribution in [3.05, 3.63) is 98.9 Å². The summed E-state index contributed by atoms with van der Waals surface area (Å²) in [5.41, 5.74) is 2.29. The van der Waals surface area contributed by atoms with Crippen LogP contribution in [0.5, 0.6) is 5.75 Å². The van der Waals surface area contributed by atoms with Crippen LogP contribution in [-0.2, 0) is 4.79 Å². The van der Waals surface area contributed by atoms with Crippen molar-refractivity contribution in [3.8, 4) is 11.4 Å². The first-order chi connectivity index (χ1) is 19.0. The van der Waals surface area contributed by atoms with Gasteiger partial charge < -0.3 is 9.72 Å². The number of nitrogens with one attached hydrogen (secondary N) is 1. The molecule has 0 saturated carbocycles. The Morgan fingerprint density at radius 2 is 1.97 bits per heavy atom. The van der Waals surface area contributed by atoms with Gasteiger partial charge in [0.2, 0.25) is 0 Å². The second-order valence-electron chi connectivity index (χ2n) is 8.69. The summed E-state index contributed by atoms with van der Waals surface area (Å²) in [5.74, 6) is 0.139. The highest BCUT2D eigenvalue weighted by molar-refractivity contribution is 7.99. The second-order valence-corrected chi connectivity index (χ2v) is 10.6. The van der Waals surface area contributed by atoms with E-state index in [1.807, 2.05) is 41.8 Å². The van der Waals surface area contributed by atoms with Gasteiger partial charge in [0.15, 0.2) is 10.8 Å². The van der Waals surface area contributed by atoms with Crippen LogP contribution in [0.15, 0.2) is 87.3 Å². The summed E-state index contributed by atoms with van der Waals surface area (Å²) in [6.07, 6.45) is 2.00. The molecule has 5 aromatic rings. The number of nitrogens with zero attached hydrogens (tertiary/aromatic N) is 5. The van der Waals surface area contributed by atoms with Crippen LogP contribution in [0.1, 0.15) is 22.9 Å². The van der Waals surface area contributed by atoms with Crippen molar-refractivity contribution in [2.24, 2.45) is 5.10 Å². The molecule has 39 heavy (non-hydrogen) atoms. The molecule has 1 aliphatic heterocycles. The summed E-state index contributed by atoms with van der Waals surface area (Å²) in [6.45, 7) is 0. The van der Waals surface area contributed by atoms with Crippen molar-refractivity contribution in [2.45, 2.75) is 17.6 Å². The SMILES string of the molecule is COc1ccc(C2CC(c3cccs3)=NN2C(=O)CSc2nc3c(cnn3-c3ccc(F)cc3)c(=O)[nH]2)cc1. The molecule has 9 nitrogen and oxygen atoms in total. The predicted molar refractivity (Wildman–Crippen MR) is 148 cm³/mol. The summed E-state index contributed by atoms with van der Waals surface area (Å²) in [6, 6.07) is 17.0. The number of hydrazone groups is 1. The van der Waals surface area contributed by atoms with Gasteiger partial charge >= 0.3 is 0 Å². The van der Waals surface area contributed by atoms with Gasteiger partial charge in [-0.15, -0.1) is 11.3 Å². The standard InChI is InChI=1S/C27H21FN6O3S2/c1-37-19-10-4-16(5-11-19)22-13-21(23-3-2-12-38-23)32-34(22)24(35)15-39-27-30-25-20(26(36)31-27)14-29-33(25)18-8-6-17(28)7-9-18/h2-12,14,22H,13,15H2,1H3,(H,30,31,36). The number of carbonyl (C=O) groups excluding carboxylic acids is 1. The molecule has 0 saturated heterocycles. The molecule has 0 radical (unpaired) electrons. The fourth-order valence-electron chi connectivity index (χ4n) is 4.35. The third-order valence-electron chi connectivity index (χ3n) is 6.29. The first-order valence-electron chi connectivity index (χ1n) is 11.9. The second kappa shape index (κ2) is 10.5. The highest BCUT2D eigenvalue weighted by Crippen LogP contribution is 2.35. The number of amides is 1. The van der Waals surface area contributed by atoms with E-state index in [0.29, 0.717) is 23.1 Å². The van der Waals surface area contributed by atoms with Crippen LogP contribution in [-0.4, -0.2) is 49.2 Å². The quantitative estimate of drug-likeness (QED) is 0.227. The van der Waals surface area contributed by atoms with E-state index in [-0.39, 0.29) is 34.2 Å². The fourth-order valence-corrected chi connectivity index (χ4v) is 5.78. The lowest BCUT2D eigenvalue weighted by molar-refractivity contribution is -0.130. The largest absolute Gasteiger partial charge is 0.497 e. The molecule has 0 aliphatic carbocycles. The lowest BCUT2D eigenvalue weighted by Crippen LogP contribution is -2.28. The van der Waals surface area contributed by atoms with Gasteiger partial charge in [0.05, 0.1) is 41.4 Å². The van der Waals surface area contributed by atoms with E-state index >= 15 is 0 Å². The van der Waals surface area contributed by atoms with Crippen LogP contribution < -0.4 is 10.3 Å². The Morgan fingerprint density at radius 3 is 2.69 bits per heavy atom. The zero-order chi connectivity index (χ0) is 26.9. The summed E-state index contributed by atoms with van der Waals surface area (Å²) >= 11 is 2.69. The van der Waals surface area contributed by atoms with Gasteiger partial charge in [-0.3, -0.25) is 9.59 Å². The van der Waals surface area contributed by atoms with Crippen molar-refractivity contribution < 1.29 is 13.9 Å². The molecule has 12 heteroatoms. The normalized spacial score (nSPS) is 15.1. The van der Waals surface area contributed by atoms with Crippen molar-refractivity contribution in [2.75, 3.05) is 12.9 Å². The molecule has 4 heterocycles. The molecule has 3 aromatic heterocycles. The predicted octanol–water partition coefficient (Wildman–Crippen LogP) is 4.79. The Balaban J connectivity index is 1.26. The number of aromatic amines is 1. The number of methoxy groups -OCH3 is 1. The van der Waals surface area contributed by atoms with Crippen molar-refractivity contribution >= 4 is 45.8 Å². The van der Waals surface area contributed by atoms with Gasteiger partial charge in [-0.1, -0.05) is 30.0 Å². The Kier molecular flexibility index (Phi) is 6.71. The molecule has 0 spiro atoms. The van der Waals surface area contributed by atoms with E-state index in [1.165, 1.54) is 28.0 Å². The van der Waals surface area contributed by atoms with Crippen LogP contribution in [0.25, 0.3) is 16.7 Å². The summed E-state index contributed by atoms with van der Waals surface area (Å²) in [5, 5.41) is 13.0. The Bertz CT molecular complexity index is 1730. The lowest BCUT2D eigenvalue weighted by atomic mass is 10.0. The molecule has 1 amide bonds. The number of fused-ring (bicyclic) bond motifs is 1. The van der Waals surface area contributed by atoms with Crippen LogP contribution in [0.3, 0.4) is 0 Å². The minimum Gasteiger partial charge on any atom is -0.497 e. The maximum Gasteiger partial charge on any atom is 0.262 e. The van der Waals surface area contributed by atoms with Crippen LogP contribution in [0.4, 0.5) is 4.39 Å². The topological polar surface area (TPSA) is 105 Å². The number of H-pyrrole nitrogens is 1. The molecule has 1 N–H and O–H groups in total. The van der Waals surface area contributed by atoms with Gasteiger partial charge in [-0.25, -0.2) is 19.1 Å². The third kappa shape index (κ3) is 4.95. The number of carbonyl (C=O) groups is 1. The van der Waals surface area contributed by atoms with E-state index in [9.17, 15) is 14.0 Å². The lowest BCUT2D eigenvalue weighted by Gasteiger charge is -2.22. The van der Waals surface area contributed by atoms with Crippen LogP contribution in [0.2, 0.25) is 0 Å². The summed E-state index contributed by atoms with van der Waals surface area (Å²) < 4.78 is 20.1. The summed E-state index contributed by atoms with van der Waals surface area (Å²) in [4.78, 5) is 34.5. The minimum absolute atomic E-state index is 0.00695. The highest BCUT2D eigenvalue weighted by Gasteiger charge is 2.33. The number of ether oxygens (including phenoxy) is 1. The molecular formula is C27H21FN6O3S2. The van der Waals surface area contributed by atoms with Crippen LogP contribution in [0, 0.1) is 5.82 Å². The van der Waals surface area contributed by atoms with Crippen molar-refractivity contribution in [3.63, 3.8) is 0 Å². The molecule has 1 atom stereocenters. The van der Waals surface area contributed by atoms with E-state index in [1.54, 1.807) is 30.6 Å². The molecule has 2 aromatic carbocycles. The number of hydrogen-bond donors (Lipinski definition) is 1. The van der Waals surface area contributed by atoms with E-state index in [0.717, 1.165) is 33.7 Å². The molecule has 196 valence electrons. The van der Waals surface area contributed by atoms with Crippen molar-refractivity contribution in [1.29, 1.82) is 0 Å². The van der Waals surface area contributed by atoms with Crippen molar-refractivity contribution in [1.82, 2.24) is 24.8 Å². The highest BCUT2D eigenvalue weighted by atomic mass is 32.2. The zero-order valence-corrected chi connectivity index (χ0v) is 22.2. The number of hydrogen-bond acceptors (Lipinski definition) is 8. The zero-order valence-electron chi connectivity index (χ0n) is 20.6. The molecule has 0 fully saturated rings. The average Bonchev–Trinajstić information content (AvgIpc) is 3.72. The van der Waals surface area contributed by atoms with E-state index in [4.69, 9.17) is 9.84 Å². The fraction of sp³-hybridized carbons (Fsp3) is 0.148. The van der Waals surface area contributed by atoms with Gasteiger partial charge in [0.25, 0.3) is 11.5 Å². The molecule has 1 unspecified atom stereocenters. The van der Waals surface area contributed by atoms with Crippen LogP contribution >= 0.6 is 23.1 Å². The maximum absolute atomic E-state index is 13.5. The van der Waals surface area contributed by atoms with E-state index in [2.05, 4.69) is 15.1 Å².